The Morgan fingerprint density at radius 2 is 1.31 bits per heavy atom. The van der Waals surface area contributed by atoms with Gasteiger partial charge in [-0.15, -0.1) is 0 Å². The fraction of sp³-hybridized carbons (Fsp3) is 0.667. The number of benzene rings is 1. The van der Waals surface area contributed by atoms with E-state index in [4.69, 9.17) is 31.3 Å². The van der Waals surface area contributed by atoms with Crippen molar-refractivity contribution in [2.24, 2.45) is 0 Å². The maximum Gasteiger partial charge on any atom is 0.501 e. The smallest absolute Gasteiger partial charge is 0.462 e. The number of hydrogen-bond acceptors (Lipinski definition) is 9. The summed E-state index contributed by atoms with van der Waals surface area (Å²) in [4.78, 5) is 11.7. The van der Waals surface area contributed by atoms with Crippen LogP contribution in [0.25, 0.3) is 0 Å². The molecule has 0 saturated heterocycles. The standard InChI is InChI=1S/C13H20O5Si.C8H20O3SSi/c1-15-19(16-2,17-3)11-7-10-18-13(14)12-8-5-4-6-9-12;1-4-9-13(8-7-12,10-5-2)11-6-3/h4-6,8-9H,7,10-11H2,1-3H3;12H,4-8H2,1-3H3. The van der Waals surface area contributed by atoms with Gasteiger partial charge in [-0.05, 0) is 45.1 Å². The van der Waals surface area contributed by atoms with Crippen LogP contribution in [0.5, 0.6) is 0 Å². The predicted octanol–water partition coefficient (Wildman–Crippen LogP) is 4.08. The molecule has 0 heterocycles. The Morgan fingerprint density at radius 1 is 0.812 bits per heavy atom. The number of hydrogen-bond donors (Lipinski definition) is 1. The minimum Gasteiger partial charge on any atom is -0.462 e. The number of thiol groups is 1. The summed E-state index contributed by atoms with van der Waals surface area (Å²) in [7, 11) is -0.238. The Kier molecular flexibility index (Phi) is 18.2. The molecule has 0 aliphatic rings. The highest BCUT2D eigenvalue weighted by atomic mass is 32.1. The van der Waals surface area contributed by atoms with Gasteiger partial charge in [0.25, 0.3) is 0 Å². The molecule has 32 heavy (non-hydrogen) atoms. The number of rotatable bonds is 16. The van der Waals surface area contributed by atoms with Gasteiger partial charge in [-0.2, -0.15) is 12.6 Å². The van der Waals surface area contributed by atoms with Crippen LogP contribution in [0, 0.1) is 0 Å². The fourth-order valence-electron chi connectivity index (χ4n) is 2.81. The van der Waals surface area contributed by atoms with Crippen LogP contribution < -0.4 is 0 Å². The molecular formula is C21H40O8SSi2. The molecule has 0 spiro atoms. The van der Waals surface area contributed by atoms with Crippen molar-refractivity contribution in [3.05, 3.63) is 35.9 Å². The van der Waals surface area contributed by atoms with E-state index < -0.39 is 17.6 Å². The van der Waals surface area contributed by atoms with Crippen LogP contribution in [0.3, 0.4) is 0 Å². The Hall–Kier alpha value is -0.766. The van der Waals surface area contributed by atoms with E-state index in [0.29, 0.717) is 44.5 Å². The SMILES string of the molecule is CCO[Si](CCS)(OCC)OCC.CO[Si](CCCOC(=O)c1ccccc1)(OC)OC. The van der Waals surface area contributed by atoms with Crippen molar-refractivity contribution in [2.45, 2.75) is 39.3 Å². The Balaban J connectivity index is 0.000000649. The lowest BCUT2D eigenvalue weighted by atomic mass is 10.2. The largest absolute Gasteiger partial charge is 0.501 e. The van der Waals surface area contributed by atoms with E-state index in [9.17, 15) is 4.79 Å². The second kappa shape index (κ2) is 18.6. The van der Waals surface area contributed by atoms with Gasteiger partial charge in [0.05, 0.1) is 12.2 Å². The van der Waals surface area contributed by atoms with Crippen molar-refractivity contribution in [3.8, 4) is 0 Å². The summed E-state index contributed by atoms with van der Waals surface area (Å²) < 4.78 is 37.8. The average molecular weight is 509 g/mol. The monoisotopic (exact) mass is 508 g/mol. The zero-order chi connectivity index (χ0) is 24.3. The van der Waals surface area contributed by atoms with Crippen molar-refractivity contribution in [2.75, 3.05) is 53.5 Å². The van der Waals surface area contributed by atoms with Gasteiger partial charge in [0, 0.05) is 53.2 Å². The third-order valence-corrected chi connectivity index (χ3v) is 10.8. The van der Waals surface area contributed by atoms with E-state index >= 15 is 0 Å². The third-order valence-electron chi connectivity index (χ3n) is 4.31. The normalized spacial score (nSPS) is 11.6. The number of ether oxygens (including phenoxy) is 1. The molecule has 0 saturated carbocycles. The molecule has 0 fully saturated rings. The molecular weight excluding hydrogens is 468 g/mol. The van der Waals surface area contributed by atoms with Crippen molar-refractivity contribution >= 4 is 36.2 Å². The van der Waals surface area contributed by atoms with Crippen LogP contribution in [0.15, 0.2) is 30.3 Å². The summed E-state index contributed by atoms with van der Waals surface area (Å²) in [6, 6.07) is 10.3. The van der Waals surface area contributed by atoms with Crippen LogP contribution in [-0.4, -0.2) is 77.1 Å². The minimum absolute atomic E-state index is 0.318. The molecule has 11 heteroatoms. The first kappa shape index (κ1) is 31.2. The zero-order valence-electron chi connectivity index (χ0n) is 20.3. The predicted molar refractivity (Wildman–Crippen MR) is 132 cm³/mol. The van der Waals surface area contributed by atoms with Crippen molar-refractivity contribution in [1.82, 2.24) is 0 Å². The summed E-state index contributed by atoms with van der Waals surface area (Å²) in [5.41, 5.74) is 0.552. The quantitative estimate of drug-likeness (QED) is 0.155. The van der Waals surface area contributed by atoms with Crippen molar-refractivity contribution < 1.29 is 36.1 Å². The molecule has 0 amide bonds. The van der Waals surface area contributed by atoms with Crippen molar-refractivity contribution in [3.63, 3.8) is 0 Å². The number of carbonyl (C=O) groups is 1. The molecule has 0 aromatic heterocycles. The second-order valence-electron chi connectivity index (χ2n) is 6.36. The molecule has 0 N–H and O–H groups in total. The lowest BCUT2D eigenvalue weighted by Gasteiger charge is -2.27. The summed E-state index contributed by atoms with van der Waals surface area (Å²) in [5.74, 6) is 0.423. The van der Waals surface area contributed by atoms with Crippen molar-refractivity contribution in [1.29, 1.82) is 0 Å². The summed E-state index contributed by atoms with van der Waals surface area (Å²) in [5, 5.41) is 0. The van der Waals surface area contributed by atoms with E-state index in [1.807, 2.05) is 26.8 Å². The number of carbonyl (C=O) groups excluding carboxylic acids is 1. The van der Waals surface area contributed by atoms with Gasteiger partial charge in [0.15, 0.2) is 0 Å². The molecule has 1 rings (SSSR count). The van der Waals surface area contributed by atoms with Crippen LogP contribution >= 0.6 is 12.6 Å². The van der Waals surface area contributed by atoms with Gasteiger partial charge in [0.1, 0.15) is 0 Å². The maximum absolute atomic E-state index is 11.7. The maximum atomic E-state index is 11.7. The molecule has 1 aromatic carbocycles. The molecule has 1 aromatic rings. The van der Waals surface area contributed by atoms with Gasteiger partial charge in [-0.25, -0.2) is 4.79 Å². The van der Waals surface area contributed by atoms with E-state index in [2.05, 4.69) is 12.6 Å². The average Bonchev–Trinajstić information content (AvgIpc) is 2.81. The first-order valence-corrected chi connectivity index (χ1v) is 15.3. The van der Waals surface area contributed by atoms with E-state index in [-0.39, 0.29) is 5.97 Å². The fourth-order valence-corrected chi connectivity index (χ4v) is 7.59. The second-order valence-corrected chi connectivity index (χ2v) is 12.6. The highest BCUT2D eigenvalue weighted by Crippen LogP contribution is 2.16. The van der Waals surface area contributed by atoms with Crippen LogP contribution in [0.1, 0.15) is 37.6 Å². The molecule has 186 valence electrons. The van der Waals surface area contributed by atoms with Crippen LogP contribution in [-0.2, 0) is 31.3 Å². The lowest BCUT2D eigenvalue weighted by molar-refractivity contribution is 0.0493. The minimum atomic E-state index is -2.56. The summed E-state index contributed by atoms with van der Waals surface area (Å²) >= 11 is 4.19. The molecule has 0 unspecified atom stereocenters. The van der Waals surface area contributed by atoms with Gasteiger partial charge >= 0.3 is 23.6 Å². The highest BCUT2D eigenvalue weighted by molar-refractivity contribution is 7.80. The lowest BCUT2D eigenvalue weighted by Crippen LogP contribution is -2.46. The summed E-state index contributed by atoms with van der Waals surface area (Å²) in [6.07, 6.45) is 0.639. The first-order valence-electron chi connectivity index (χ1n) is 10.8. The summed E-state index contributed by atoms with van der Waals surface area (Å²) in [6.45, 7) is 8.10. The molecule has 8 nitrogen and oxygen atoms in total. The highest BCUT2D eigenvalue weighted by Gasteiger charge is 2.39. The van der Waals surface area contributed by atoms with E-state index in [1.165, 1.54) is 0 Å². The molecule has 0 aliphatic heterocycles. The van der Waals surface area contributed by atoms with Gasteiger partial charge in [0.2, 0.25) is 0 Å². The molecule has 0 atom stereocenters. The van der Waals surface area contributed by atoms with Gasteiger partial charge in [-0.3, -0.25) is 0 Å². The Bertz CT molecular complexity index is 553. The Labute approximate surface area is 201 Å². The van der Waals surface area contributed by atoms with Gasteiger partial charge < -0.3 is 31.3 Å². The molecule has 0 aliphatic carbocycles. The molecule has 0 radical (unpaired) electrons. The van der Waals surface area contributed by atoms with Gasteiger partial charge in [-0.1, -0.05) is 18.2 Å². The molecule has 0 bridgehead atoms. The zero-order valence-corrected chi connectivity index (χ0v) is 23.2. The first-order chi connectivity index (χ1) is 15.4. The van der Waals surface area contributed by atoms with Crippen LogP contribution in [0.4, 0.5) is 0 Å². The van der Waals surface area contributed by atoms with E-state index in [0.717, 1.165) is 11.8 Å². The van der Waals surface area contributed by atoms with E-state index in [1.54, 1.807) is 45.6 Å². The van der Waals surface area contributed by atoms with Crippen LogP contribution in [0.2, 0.25) is 12.1 Å². The number of esters is 1. The Morgan fingerprint density at radius 3 is 1.72 bits per heavy atom. The topological polar surface area (TPSA) is 81.7 Å². The third kappa shape index (κ3) is 11.9.